The van der Waals surface area contributed by atoms with Gasteiger partial charge < -0.3 is 15.2 Å². The molecule has 0 amide bonds. The summed E-state index contributed by atoms with van der Waals surface area (Å²) in [4.78, 5) is -0.327. The zero-order valence-electron chi connectivity index (χ0n) is 18.1. The van der Waals surface area contributed by atoms with Crippen LogP contribution < -0.4 is 10.1 Å². The van der Waals surface area contributed by atoms with E-state index in [2.05, 4.69) is 5.32 Å². The fourth-order valence-electron chi connectivity index (χ4n) is 5.12. The number of aliphatic hydroxyl groups excluding tert-OH is 1. The summed E-state index contributed by atoms with van der Waals surface area (Å²) >= 11 is 0. The van der Waals surface area contributed by atoms with E-state index in [9.17, 15) is 17.9 Å². The molecule has 8 heteroatoms. The van der Waals surface area contributed by atoms with E-state index in [1.54, 1.807) is 7.11 Å². The first-order valence-electron chi connectivity index (χ1n) is 10.9. The Morgan fingerprint density at radius 2 is 1.88 bits per heavy atom. The molecule has 0 unspecified atom stereocenters. The maximum absolute atomic E-state index is 14.5. The van der Waals surface area contributed by atoms with Crippen LogP contribution in [0.15, 0.2) is 71.6 Å². The van der Waals surface area contributed by atoms with Crippen LogP contribution in [0, 0.1) is 11.7 Å². The molecule has 2 aliphatic heterocycles. The normalized spacial score (nSPS) is 22.3. The second-order valence-electron chi connectivity index (χ2n) is 8.38. The second kappa shape index (κ2) is 8.44. The predicted molar refractivity (Wildman–Crippen MR) is 124 cm³/mol. The highest BCUT2D eigenvalue weighted by atomic mass is 32.2. The van der Waals surface area contributed by atoms with Crippen molar-refractivity contribution >= 4 is 15.7 Å². The van der Waals surface area contributed by atoms with E-state index < -0.39 is 21.9 Å². The highest BCUT2D eigenvalue weighted by Gasteiger charge is 2.49. The molecule has 0 aliphatic carbocycles. The maximum Gasteiger partial charge on any atom is 0.246 e. The molecule has 172 valence electrons. The summed E-state index contributed by atoms with van der Waals surface area (Å²) in [5, 5.41) is 13.4. The quantitative estimate of drug-likeness (QED) is 0.591. The first-order valence-corrected chi connectivity index (χ1v) is 12.3. The van der Waals surface area contributed by atoms with Crippen molar-refractivity contribution in [3.05, 3.63) is 78.1 Å². The maximum atomic E-state index is 14.5. The molecule has 3 aromatic rings. The van der Waals surface area contributed by atoms with E-state index in [0.29, 0.717) is 12.2 Å². The van der Waals surface area contributed by atoms with Gasteiger partial charge in [0.15, 0.2) is 0 Å². The van der Waals surface area contributed by atoms with Gasteiger partial charge in [-0.3, -0.25) is 0 Å². The lowest BCUT2D eigenvalue weighted by molar-refractivity contribution is 0.210. The molecule has 33 heavy (non-hydrogen) atoms. The lowest BCUT2D eigenvalue weighted by Crippen LogP contribution is -2.43. The number of hydrogen-bond acceptors (Lipinski definition) is 5. The number of nitrogens with one attached hydrogen (secondary N) is 1. The third kappa shape index (κ3) is 3.58. The van der Waals surface area contributed by atoms with Gasteiger partial charge >= 0.3 is 0 Å². The minimum atomic E-state index is -4.08. The highest BCUT2D eigenvalue weighted by molar-refractivity contribution is 7.89. The lowest BCUT2D eigenvalue weighted by atomic mass is 9.82. The van der Waals surface area contributed by atoms with E-state index >= 15 is 0 Å². The summed E-state index contributed by atoms with van der Waals surface area (Å²) in [6.45, 7) is 0.130. The molecule has 5 rings (SSSR count). The van der Waals surface area contributed by atoms with Gasteiger partial charge in [-0.25, -0.2) is 12.8 Å². The third-order valence-electron chi connectivity index (χ3n) is 6.66. The number of hydrogen-bond donors (Lipinski definition) is 2. The molecule has 0 saturated carbocycles. The van der Waals surface area contributed by atoms with Gasteiger partial charge in [0.25, 0.3) is 0 Å². The van der Waals surface area contributed by atoms with Crippen molar-refractivity contribution in [2.75, 3.05) is 25.6 Å². The molecule has 6 nitrogen and oxygen atoms in total. The van der Waals surface area contributed by atoms with Gasteiger partial charge in [-0.1, -0.05) is 36.4 Å². The van der Waals surface area contributed by atoms with Crippen LogP contribution in [0.4, 0.5) is 10.1 Å². The number of para-hydroxylation sites is 1. The monoisotopic (exact) mass is 468 g/mol. The SMILES string of the molecule is COc1ccccc1-c1ccc2c(c1)[C@@H]1[C@@H](CCN1S(=O)(=O)c1ccccc1F)[C@H](CO)N2. The van der Waals surface area contributed by atoms with Crippen molar-refractivity contribution in [2.24, 2.45) is 5.92 Å². The number of benzene rings is 3. The van der Waals surface area contributed by atoms with Gasteiger partial charge in [-0.15, -0.1) is 0 Å². The van der Waals surface area contributed by atoms with E-state index in [-0.39, 0.29) is 30.0 Å². The first-order chi connectivity index (χ1) is 16.0. The second-order valence-corrected chi connectivity index (χ2v) is 10.2. The Morgan fingerprint density at radius 1 is 1.12 bits per heavy atom. The van der Waals surface area contributed by atoms with Crippen LogP contribution in [0.3, 0.4) is 0 Å². The minimum Gasteiger partial charge on any atom is -0.496 e. The van der Waals surface area contributed by atoms with Crippen molar-refractivity contribution in [1.29, 1.82) is 0 Å². The van der Waals surface area contributed by atoms with Gasteiger partial charge in [-0.2, -0.15) is 4.31 Å². The molecule has 3 aromatic carbocycles. The number of rotatable bonds is 5. The Balaban J connectivity index is 1.64. The highest BCUT2D eigenvalue weighted by Crippen LogP contribution is 2.49. The van der Waals surface area contributed by atoms with Gasteiger partial charge in [0.05, 0.1) is 25.8 Å². The summed E-state index contributed by atoms with van der Waals surface area (Å²) in [5.41, 5.74) is 3.37. The average molecular weight is 469 g/mol. The fraction of sp³-hybridized carbons (Fsp3) is 0.280. The summed E-state index contributed by atoms with van der Waals surface area (Å²) in [7, 11) is -2.47. The lowest BCUT2D eigenvalue weighted by Gasteiger charge is -2.39. The zero-order chi connectivity index (χ0) is 23.2. The summed E-state index contributed by atoms with van der Waals surface area (Å²) in [5.74, 6) is -0.193. The molecule has 0 spiro atoms. The Bertz CT molecular complexity index is 1300. The molecule has 0 aromatic heterocycles. The topological polar surface area (TPSA) is 78.9 Å². The molecular formula is C25H25FN2O4S. The number of ether oxygens (including phenoxy) is 1. The molecule has 0 radical (unpaired) electrons. The molecule has 1 saturated heterocycles. The Labute approximate surface area is 192 Å². The number of methoxy groups -OCH3 is 1. The van der Waals surface area contributed by atoms with Crippen LogP contribution in [-0.2, 0) is 10.0 Å². The van der Waals surface area contributed by atoms with Crippen molar-refractivity contribution in [3.8, 4) is 16.9 Å². The molecule has 3 atom stereocenters. The molecule has 1 fully saturated rings. The molecule has 2 aliphatic rings. The van der Waals surface area contributed by atoms with Crippen LogP contribution in [0.2, 0.25) is 0 Å². The molecule has 2 heterocycles. The number of nitrogens with zero attached hydrogens (tertiary/aromatic N) is 1. The minimum absolute atomic E-state index is 0.123. The molecule has 0 bridgehead atoms. The average Bonchev–Trinajstić information content (AvgIpc) is 3.30. The van der Waals surface area contributed by atoms with Crippen LogP contribution in [0.25, 0.3) is 11.1 Å². The summed E-state index contributed by atoms with van der Waals surface area (Å²) < 4.78 is 48.5. The standard InChI is InChI=1S/C25H25FN2O4S/c1-32-23-8-4-2-6-17(23)16-10-11-21-19(14-16)25-18(22(15-29)27-21)12-13-28(25)33(30,31)24-9-5-3-7-20(24)26/h2-11,14,18,22,25,27,29H,12-13,15H2,1H3/t18-,22-,25-/m0/s1. The van der Waals surface area contributed by atoms with Gasteiger partial charge in [0.2, 0.25) is 10.0 Å². The Morgan fingerprint density at radius 3 is 2.64 bits per heavy atom. The van der Waals surface area contributed by atoms with E-state index in [0.717, 1.165) is 28.4 Å². The van der Waals surface area contributed by atoms with Crippen LogP contribution in [-0.4, -0.2) is 44.1 Å². The smallest absolute Gasteiger partial charge is 0.246 e. The first kappa shape index (κ1) is 21.9. The van der Waals surface area contributed by atoms with Crippen LogP contribution in [0.1, 0.15) is 18.0 Å². The van der Waals surface area contributed by atoms with Crippen molar-refractivity contribution in [2.45, 2.75) is 23.4 Å². The summed E-state index contributed by atoms with van der Waals surface area (Å²) in [6, 6.07) is 18.1. The van der Waals surface area contributed by atoms with Crippen molar-refractivity contribution in [1.82, 2.24) is 4.31 Å². The van der Waals surface area contributed by atoms with Gasteiger partial charge in [0, 0.05) is 23.7 Å². The zero-order valence-corrected chi connectivity index (χ0v) is 18.9. The van der Waals surface area contributed by atoms with Crippen LogP contribution in [0.5, 0.6) is 5.75 Å². The van der Waals surface area contributed by atoms with Crippen molar-refractivity contribution < 1.29 is 22.7 Å². The van der Waals surface area contributed by atoms with Crippen molar-refractivity contribution in [3.63, 3.8) is 0 Å². The van der Waals surface area contributed by atoms with Gasteiger partial charge in [-0.05, 0) is 47.9 Å². The van der Waals surface area contributed by atoms with E-state index in [1.807, 2.05) is 42.5 Å². The predicted octanol–water partition coefficient (Wildman–Crippen LogP) is 4.04. The number of fused-ring (bicyclic) bond motifs is 3. The number of aliphatic hydroxyl groups is 1. The Kier molecular flexibility index (Phi) is 5.60. The van der Waals surface area contributed by atoms with E-state index in [1.165, 1.54) is 22.5 Å². The Hall–Kier alpha value is -2.94. The van der Waals surface area contributed by atoms with Gasteiger partial charge in [0.1, 0.15) is 16.5 Å². The number of sulfonamides is 1. The number of halogens is 1. The largest absolute Gasteiger partial charge is 0.496 e. The van der Waals surface area contributed by atoms with Crippen LogP contribution >= 0.6 is 0 Å². The molecule has 2 N–H and O–H groups in total. The fourth-order valence-corrected chi connectivity index (χ4v) is 6.85. The summed E-state index contributed by atoms with van der Waals surface area (Å²) in [6.07, 6.45) is 0.564. The van der Waals surface area contributed by atoms with E-state index in [4.69, 9.17) is 4.74 Å². The third-order valence-corrected chi connectivity index (χ3v) is 8.58. The molecular weight excluding hydrogens is 443 g/mol. The number of anilines is 1.